The number of hydrogen-bond donors (Lipinski definition) is 1. The SMILES string of the molecule is COC[C@@H]1C[C@@H]2CNCCN2c2c(F)c(F)cc(C#N)c2O1.Cl. The first kappa shape index (κ1) is 17.7. The summed E-state index contributed by atoms with van der Waals surface area (Å²) >= 11 is 0. The maximum absolute atomic E-state index is 14.4. The molecule has 0 unspecified atom stereocenters. The van der Waals surface area contributed by atoms with Gasteiger partial charge in [-0.15, -0.1) is 12.4 Å². The summed E-state index contributed by atoms with van der Waals surface area (Å²) in [6.07, 6.45) is 0.303. The number of anilines is 1. The number of piperazine rings is 1. The molecule has 1 fully saturated rings. The smallest absolute Gasteiger partial charge is 0.185 e. The number of nitrogens with one attached hydrogen (secondary N) is 1. The van der Waals surface area contributed by atoms with E-state index in [2.05, 4.69) is 5.32 Å². The van der Waals surface area contributed by atoms with Crippen LogP contribution in [0.1, 0.15) is 12.0 Å². The summed E-state index contributed by atoms with van der Waals surface area (Å²) in [7, 11) is 1.56. The number of hydrogen-bond acceptors (Lipinski definition) is 5. The zero-order valence-corrected chi connectivity index (χ0v) is 13.5. The van der Waals surface area contributed by atoms with Gasteiger partial charge in [0.05, 0.1) is 12.2 Å². The van der Waals surface area contributed by atoms with Crippen LogP contribution in [0.4, 0.5) is 14.5 Å². The second-order valence-electron chi connectivity index (χ2n) is 5.49. The molecule has 23 heavy (non-hydrogen) atoms. The van der Waals surface area contributed by atoms with Gasteiger partial charge in [0.1, 0.15) is 17.9 Å². The lowest BCUT2D eigenvalue weighted by Gasteiger charge is -2.37. The zero-order valence-electron chi connectivity index (χ0n) is 12.6. The lowest BCUT2D eigenvalue weighted by Crippen LogP contribution is -2.52. The molecule has 0 spiro atoms. The van der Waals surface area contributed by atoms with E-state index in [4.69, 9.17) is 9.47 Å². The number of rotatable bonds is 2. The Morgan fingerprint density at radius 2 is 2.30 bits per heavy atom. The van der Waals surface area contributed by atoms with E-state index in [0.717, 1.165) is 6.07 Å². The minimum Gasteiger partial charge on any atom is -0.484 e. The Bertz CT molecular complexity index is 624. The summed E-state index contributed by atoms with van der Waals surface area (Å²) in [5.41, 5.74) is 0.0656. The van der Waals surface area contributed by atoms with E-state index in [9.17, 15) is 14.0 Å². The molecule has 1 aromatic rings. The molecule has 0 saturated carbocycles. The number of benzene rings is 1. The van der Waals surface area contributed by atoms with E-state index in [0.29, 0.717) is 32.7 Å². The second-order valence-corrected chi connectivity index (χ2v) is 5.49. The Morgan fingerprint density at radius 3 is 3.00 bits per heavy atom. The van der Waals surface area contributed by atoms with Gasteiger partial charge < -0.3 is 19.7 Å². The highest BCUT2D eigenvalue weighted by atomic mass is 35.5. The van der Waals surface area contributed by atoms with E-state index in [-0.39, 0.29) is 41.6 Å². The summed E-state index contributed by atoms with van der Waals surface area (Å²) in [6.45, 7) is 2.18. The molecule has 1 saturated heterocycles. The molecule has 8 heteroatoms. The van der Waals surface area contributed by atoms with Gasteiger partial charge in [-0.25, -0.2) is 8.78 Å². The van der Waals surface area contributed by atoms with Crippen molar-refractivity contribution in [2.24, 2.45) is 0 Å². The molecule has 0 radical (unpaired) electrons. The van der Waals surface area contributed by atoms with Crippen molar-refractivity contribution in [3.8, 4) is 11.8 Å². The number of nitrogens with zero attached hydrogens (tertiary/aromatic N) is 2. The maximum atomic E-state index is 14.4. The Kier molecular flexibility index (Phi) is 5.63. The van der Waals surface area contributed by atoms with E-state index in [1.807, 2.05) is 6.07 Å². The molecule has 0 aromatic heterocycles. The molecule has 1 N–H and O–H groups in total. The van der Waals surface area contributed by atoms with E-state index in [1.165, 1.54) is 0 Å². The third-order valence-corrected chi connectivity index (χ3v) is 4.08. The van der Waals surface area contributed by atoms with Crippen LogP contribution >= 0.6 is 12.4 Å². The van der Waals surface area contributed by atoms with Crippen LogP contribution in [0.3, 0.4) is 0 Å². The largest absolute Gasteiger partial charge is 0.484 e. The van der Waals surface area contributed by atoms with Gasteiger partial charge in [0.15, 0.2) is 17.4 Å². The van der Waals surface area contributed by atoms with Crippen molar-refractivity contribution in [1.82, 2.24) is 5.32 Å². The van der Waals surface area contributed by atoms with Crippen molar-refractivity contribution >= 4 is 18.1 Å². The number of ether oxygens (including phenoxy) is 2. The van der Waals surface area contributed by atoms with Crippen LogP contribution in [0.15, 0.2) is 6.07 Å². The minimum atomic E-state index is -1.03. The highest BCUT2D eigenvalue weighted by molar-refractivity contribution is 5.85. The molecule has 5 nitrogen and oxygen atoms in total. The molecule has 1 aromatic carbocycles. The van der Waals surface area contributed by atoms with Gasteiger partial charge in [-0.3, -0.25) is 0 Å². The first-order valence-corrected chi connectivity index (χ1v) is 7.20. The monoisotopic (exact) mass is 345 g/mol. The minimum absolute atomic E-state index is 0. The van der Waals surface area contributed by atoms with Gasteiger partial charge in [-0.1, -0.05) is 0 Å². The molecule has 2 heterocycles. The first-order valence-electron chi connectivity index (χ1n) is 7.20. The van der Waals surface area contributed by atoms with Crippen molar-refractivity contribution in [2.75, 3.05) is 38.3 Å². The van der Waals surface area contributed by atoms with E-state index >= 15 is 0 Å². The highest BCUT2D eigenvalue weighted by Crippen LogP contribution is 2.41. The van der Waals surface area contributed by atoms with Gasteiger partial charge in [0.2, 0.25) is 0 Å². The van der Waals surface area contributed by atoms with E-state index < -0.39 is 11.6 Å². The van der Waals surface area contributed by atoms with Crippen molar-refractivity contribution in [1.29, 1.82) is 5.26 Å². The van der Waals surface area contributed by atoms with Crippen LogP contribution in [0, 0.1) is 23.0 Å². The topological polar surface area (TPSA) is 57.5 Å². The second kappa shape index (κ2) is 7.30. The van der Waals surface area contributed by atoms with Gasteiger partial charge in [0, 0.05) is 39.2 Å². The zero-order chi connectivity index (χ0) is 15.7. The predicted molar refractivity (Wildman–Crippen MR) is 83.2 cm³/mol. The fourth-order valence-corrected chi connectivity index (χ4v) is 3.13. The fraction of sp³-hybridized carbons (Fsp3) is 0.533. The standard InChI is InChI=1S/C15H17F2N3O2.ClH/c1-21-8-11-5-10-7-19-2-3-20(10)14-13(17)12(16)4-9(6-18)15(14)22-11;/h4,10-11,19H,2-3,5,7-8H2,1H3;1H/t10-,11+;/m1./s1. The average Bonchev–Trinajstić information content (AvgIpc) is 2.68. The number of methoxy groups -OCH3 is 1. The number of nitriles is 1. The molecule has 0 bridgehead atoms. The molecule has 0 aliphatic carbocycles. The molecule has 2 atom stereocenters. The first-order chi connectivity index (χ1) is 10.7. The Morgan fingerprint density at radius 1 is 1.52 bits per heavy atom. The van der Waals surface area contributed by atoms with Crippen LogP contribution in [0.25, 0.3) is 0 Å². The van der Waals surface area contributed by atoms with Crippen molar-refractivity contribution in [3.63, 3.8) is 0 Å². The number of halogens is 3. The van der Waals surface area contributed by atoms with E-state index in [1.54, 1.807) is 12.0 Å². The Hall–Kier alpha value is -1.62. The fourth-order valence-electron chi connectivity index (χ4n) is 3.13. The summed E-state index contributed by atoms with van der Waals surface area (Å²) in [5, 5.41) is 12.5. The number of fused-ring (bicyclic) bond motifs is 3. The normalized spacial score (nSPS) is 22.8. The predicted octanol–water partition coefficient (Wildman–Crippen LogP) is 1.83. The quantitative estimate of drug-likeness (QED) is 0.886. The highest BCUT2D eigenvalue weighted by Gasteiger charge is 2.36. The molecular formula is C15H18ClF2N3O2. The van der Waals surface area contributed by atoms with Crippen LogP contribution < -0.4 is 15.0 Å². The summed E-state index contributed by atoms with van der Waals surface area (Å²) < 4.78 is 39.2. The molecule has 2 aliphatic rings. The molecule has 126 valence electrons. The lowest BCUT2D eigenvalue weighted by atomic mass is 10.0. The summed E-state index contributed by atoms with van der Waals surface area (Å²) in [6, 6.07) is 2.75. The van der Waals surface area contributed by atoms with Crippen LogP contribution in [0.5, 0.6) is 5.75 Å². The maximum Gasteiger partial charge on any atom is 0.185 e. The molecule has 2 aliphatic heterocycles. The summed E-state index contributed by atoms with van der Waals surface area (Å²) in [4.78, 5) is 1.81. The summed E-state index contributed by atoms with van der Waals surface area (Å²) in [5.74, 6) is -1.87. The Labute approximate surface area is 139 Å². The lowest BCUT2D eigenvalue weighted by molar-refractivity contribution is 0.0743. The Balaban J connectivity index is 0.00000192. The average molecular weight is 346 g/mol. The van der Waals surface area contributed by atoms with Crippen LogP contribution in [0.2, 0.25) is 0 Å². The van der Waals surface area contributed by atoms with Crippen LogP contribution in [-0.4, -0.2) is 45.5 Å². The van der Waals surface area contributed by atoms with Gasteiger partial charge in [0.25, 0.3) is 0 Å². The third kappa shape index (κ3) is 3.20. The molecule has 3 rings (SSSR count). The van der Waals surface area contributed by atoms with Gasteiger partial charge in [-0.2, -0.15) is 5.26 Å². The van der Waals surface area contributed by atoms with Crippen molar-refractivity contribution < 1.29 is 18.3 Å². The van der Waals surface area contributed by atoms with Crippen molar-refractivity contribution in [2.45, 2.75) is 18.6 Å². The van der Waals surface area contributed by atoms with Gasteiger partial charge in [-0.05, 0) is 6.07 Å². The van der Waals surface area contributed by atoms with Crippen molar-refractivity contribution in [3.05, 3.63) is 23.3 Å². The molecular weight excluding hydrogens is 328 g/mol. The van der Waals surface area contributed by atoms with Crippen LogP contribution in [-0.2, 0) is 4.74 Å². The third-order valence-electron chi connectivity index (χ3n) is 4.08. The van der Waals surface area contributed by atoms with Gasteiger partial charge >= 0.3 is 0 Å². The molecule has 0 amide bonds.